The molecule has 8 aromatic rings. The normalized spacial score (nSPS) is 11.3. The van der Waals surface area contributed by atoms with Gasteiger partial charge in [-0.05, 0) is 218 Å². The van der Waals surface area contributed by atoms with E-state index >= 15 is 0 Å². The van der Waals surface area contributed by atoms with Gasteiger partial charge in [-0.2, -0.15) is 0 Å². The van der Waals surface area contributed by atoms with Crippen LogP contribution in [0.15, 0.2) is 133 Å². The topological polar surface area (TPSA) is 174 Å². The summed E-state index contributed by atoms with van der Waals surface area (Å²) in [5, 5.41) is 62.5. The molecule has 0 bridgehead atoms. The molecule has 0 heterocycles. The molecule has 6 N–H and O–H groups in total. The standard InChI is InChI=1S/C64H62O10/c1-35-27-55(65)39(5)23-49(35)61(50-24-40(6)56(66)28-36(50)2)53-31-43(15-21-59(53)73-33-45-11-17-47(18-12-45)63(69)70)9-10-44-16-22-60(74-34-46-13-19-48(20-14-46)64(71)72)54(32-44)62(51-25-41(7)57(67)29-37(51)3)52-26-42(8)58(68)30-38(52)4/h11-32,61-62,65-68H,9-10,33-34H2,1-8H3,(H,69,70)(H,71,72). The van der Waals surface area contributed by atoms with Gasteiger partial charge in [-0.15, -0.1) is 0 Å². The van der Waals surface area contributed by atoms with Gasteiger partial charge >= 0.3 is 11.9 Å². The van der Waals surface area contributed by atoms with Crippen molar-refractivity contribution in [1.82, 2.24) is 0 Å². The molecule has 0 unspecified atom stereocenters. The lowest BCUT2D eigenvalue weighted by Gasteiger charge is -2.27. The highest BCUT2D eigenvalue weighted by Gasteiger charge is 2.29. The van der Waals surface area contributed by atoms with Crippen molar-refractivity contribution in [2.75, 3.05) is 0 Å². The van der Waals surface area contributed by atoms with E-state index in [1.165, 1.54) is 0 Å². The maximum atomic E-state index is 11.6. The average molecular weight is 991 g/mol. The Morgan fingerprint density at radius 3 is 0.892 bits per heavy atom. The molecule has 0 aliphatic rings. The lowest BCUT2D eigenvalue weighted by atomic mass is 9.78. The molecule has 10 heteroatoms. The summed E-state index contributed by atoms with van der Waals surface area (Å²) in [6.07, 6.45) is 1.24. The van der Waals surface area contributed by atoms with Gasteiger partial charge in [0.05, 0.1) is 11.1 Å². The minimum Gasteiger partial charge on any atom is -0.508 e. The Kier molecular flexibility index (Phi) is 15.2. The van der Waals surface area contributed by atoms with E-state index in [1.54, 1.807) is 72.8 Å². The quantitative estimate of drug-likeness (QED) is 0.0482. The number of aryl methyl sites for hydroxylation is 10. The molecule has 74 heavy (non-hydrogen) atoms. The third-order valence-corrected chi connectivity index (χ3v) is 14.2. The molecule has 0 fully saturated rings. The third kappa shape index (κ3) is 11.2. The lowest BCUT2D eigenvalue weighted by Crippen LogP contribution is -2.12. The molecule has 0 aliphatic carbocycles. The van der Waals surface area contributed by atoms with Crippen LogP contribution in [0.1, 0.15) is 133 Å². The Balaban J connectivity index is 1.25. The van der Waals surface area contributed by atoms with Crippen LogP contribution in [0.4, 0.5) is 0 Å². The Morgan fingerprint density at radius 1 is 0.351 bits per heavy atom. The maximum absolute atomic E-state index is 11.6. The second-order valence-corrected chi connectivity index (χ2v) is 19.7. The second kappa shape index (κ2) is 21.7. The number of carboxylic acids is 2. The molecule has 0 atom stereocenters. The summed E-state index contributed by atoms with van der Waals surface area (Å²) < 4.78 is 13.4. The first-order valence-corrected chi connectivity index (χ1v) is 24.6. The summed E-state index contributed by atoms with van der Waals surface area (Å²) >= 11 is 0. The van der Waals surface area contributed by atoms with E-state index in [4.69, 9.17) is 9.47 Å². The van der Waals surface area contributed by atoms with Crippen LogP contribution in [0, 0.1) is 55.4 Å². The summed E-state index contributed by atoms with van der Waals surface area (Å²) in [4.78, 5) is 23.3. The van der Waals surface area contributed by atoms with Crippen LogP contribution in [-0.4, -0.2) is 42.6 Å². The number of aromatic hydroxyl groups is 4. The van der Waals surface area contributed by atoms with E-state index in [2.05, 4.69) is 24.3 Å². The van der Waals surface area contributed by atoms with Crippen LogP contribution >= 0.6 is 0 Å². The Labute approximate surface area is 432 Å². The Morgan fingerprint density at radius 2 is 0.622 bits per heavy atom. The molecule has 8 aromatic carbocycles. The van der Waals surface area contributed by atoms with Gasteiger partial charge in [0.25, 0.3) is 0 Å². The molecule has 378 valence electrons. The predicted molar refractivity (Wildman–Crippen MR) is 288 cm³/mol. The smallest absolute Gasteiger partial charge is 0.335 e. The maximum Gasteiger partial charge on any atom is 0.335 e. The van der Waals surface area contributed by atoms with Gasteiger partial charge in [0, 0.05) is 23.0 Å². The molecular formula is C64H62O10. The Hall–Kier alpha value is -8.50. The summed E-state index contributed by atoms with van der Waals surface area (Å²) in [6, 6.07) is 40.9. The Bertz CT molecular complexity index is 3080. The fourth-order valence-corrected chi connectivity index (χ4v) is 9.86. The zero-order valence-electron chi connectivity index (χ0n) is 43.0. The van der Waals surface area contributed by atoms with Crippen LogP contribution in [0.3, 0.4) is 0 Å². The van der Waals surface area contributed by atoms with Gasteiger partial charge in [0.15, 0.2) is 0 Å². The van der Waals surface area contributed by atoms with Crippen molar-refractivity contribution in [3.05, 3.63) is 245 Å². The molecule has 0 aromatic heterocycles. The molecule has 0 amide bonds. The van der Waals surface area contributed by atoms with Gasteiger partial charge in [0.2, 0.25) is 0 Å². The van der Waals surface area contributed by atoms with E-state index in [0.29, 0.717) is 46.6 Å². The molecule has 0 radical (unpaired) electrons. The average Bonchev–Trinajstić information content (AvgIpc) is 3.36. The van der Waals surface area contributed by atoms with Crippen LogP contribution in [0.5, 0.6) is 34.5 Å². The van der Waals surface area contributed by atoms with Crippen LogP contribution in [0.2, 0.25) is 0 Å². The predicted octanol–water partition coefficient (Wildman–Crippen LogP) is 13.7. The largest absolute Gasteiger partial charge is 0.508 e. The summed E-state index contributed by atoms with van der Waals surface area (Å²) in [6.45, 7) is 15.8. The molecule has 0 aliphatic heterocycles. The minimum atomic E-state index is -1.01. The molecule has 0 saturated heterocycles. The van der Waals surface area contributed by atoms with Crippen LogP contribution in [0.25, 0.3) is 0 Å². The first-order chi connectivity index (χ1) is 35.3. The van der Waals surface area contributed by atoms with Crippen molar-refractivity contribution >= 4 is 11.9 Å². The van der Waals surface area contributed by atoms with Crippen molar-refractivity contribution in [2.24, 2.45) is 0 Å². The van der Waals surface area contributed by atoms with Crippen molar-refractivity contribution in [1.29, 1.82) is 0 Å². The van der Waals surface area contributed by atoms with E-state index in [9.17, 15) is 40.2 Å². The van der Waals surface area contributed by atoms with Crippen LogP contribution in [-0.2, 0) is 26.1 Å². The lowest BCUT2D eigenvalue weighted by molar-refractivity contribution is 0.0686. The molecule has 8 rings (SSSR count). The molecule has 0 spiro atoms. The first-order valence-electron chi connectivity index (χ1n) is 24.6. The number of phenolic OH excluding ortho intramolecular Hbond substituents is 4. The van der Waals surface area contributed by atoms with E-state index in [0.717, 1.165) is 77.9 Å². The monoisotopic (exact) mass is 990 g/mol. The highest BCUT2D eigenvalue weighted by atomic mass is 16.5. The van der Waals surface area contributed by atoms with Gasteiger partial charge in [-0.1, -0.05) is 72.8 Å². The molecular weight excluding hydrogens is 929 g/mol. The number of ether oxygens (including phenoxy) is 2. The zero-order chi connectivity index (χ0) is 53.1. The highest BCUT2D eigenvalue weighted by Crippen LogP contribution is 2.46. The van der Waals surface area contributed by atoms with Crippen LogP contribution < -0.4 is 9.47 Å². The summed E-state index contributed by atoms with van der Waals surface area (Å²) in [7, 11) is 0. The highest BCUT2D eigenvalue weighted by molar-refractivity contribution is 5.88. The number of carbonyl (C=O) groups is 2. The summed E-state index contributed by atoms with van der Waals surface area (Å²) in [5.41, 5.74) is 16.0. The van der Waals surface area contributed by atoms with Crippen molar-refractivity contribution in [3.63, 3.8) is 0 Å². The second-order valence-electron chi connectivity index (χ2n) is 19.7. The van der Waals surface area contributed by atoms with Crippen molar-refractivity contribution < 1.29 is 49.7 Å². The molecule has 10 nitrogen and oxygen atoms in total. The first kappa shape index (κ1) is 51.8. The SMILES string of the molecule is Cc1cc(C(c2cc(C)c(O)cc2C)c2cc(CCc3ccc(OCc4ccc(C(=O)O)cc4)c(C(c4cc(C)c(O)cc4C)c4cc(C)c(O)cc4C)c3)ccc2OCc2ccc(C(=O)O)cc2)c(C)cc1O. The number of benzene rings is 8. The van der Waals surface area contributed by atoms with Crippen molar-refractivity contribution in [3.8, 4) is 34.5 Å². The van der Waals surface area contributed by atoms with Crippen molar-refractivity contribution in [2.45, 2.75) is 93.3 Å². The van der Waals surface area contributed by atoms with Gasteiger partial charge in [-0.25, -0.2) is 9.59 Å². The third-order valence-electron chi connectivity index (χ3n) is 14.2. The number of carboxylic acid groups (broad SMARTS) is 2. The number of hydrogen-bond donors (Lipinski definition) is 6. The minimum absolute atomic E-state index is 0.173. The van der Waals surface area contributed by atoms with Gasteiger partial charge in [0.1, 0.15) is 47.7 Å². The number of hydrogen-bond acceptors (Lipinski definition) is 8. The van der Waals surface area contributed by atoms with E-state index in [-0.39, 0.29) is 47.3 Å². The van der Waals surface area contributed by atoms with Gasteiger partial charge < -0.3 is 40.1 Å². The number of phenols is 4. The summed E-state index contributed by atoms with van der Waals surface area (Å²) in [5.74, 6) is -0.786. The van der Waals surface area contributed by atoms with E-state index < -0.39 is 23.8 Å². The molecule has 0 saturated carbocycles. The number of rotatable bonds is 17. The fraction of sp³-hybridized carbons (Fsp3) is 0.219. The fourth-order valence-electron chi connectivity index (χ4n) is 9.86. The zero-order valence-corrected chi connectivity index (χ0v) is 43.0. The van der Waals surface area contributed by atoms with Gasteiger partial charge in [-0.3, -0.25) is 0 Å². The number of aromatic carboxylic acids is 2. The van der Waals surface area contributed by atoms with E-state index in [1.807, 2.05) is 91.8 Å².